The van der Waals surface area contributed by atoms with Crippen molar-refractivity contribution in [2.24, 2.45) is 0 Å². The molecule has 0 aliphatic carbocycles. The van der Waals surface area contributed by atoms with E-state index in [1.165, 1.54) is 77.0 Å². The molecule has 0 atom stereocenters. The van der Waals surface area contributed by atoms with E-state index in [4.69, 9.17) is 0 Å². The molecule has 0 amide bonds. The van der Waals surface area contributed by atoms with Crippen LogP contribution >= 0.6 is 0 Å². The third-order valence-corrected chi connectivity index (χ3v) is 10.1. The third-order valence-electron chi connectivity index (χ3n) is 10.1. The van der Waals surface area contributed by atoms with Crippen molar-refractivity contribution in [1.82, 2.24) is 9.13 Å². The standard InChI is InChI=1S/C48H32N2/c1-3-17-33(18-4-1)49-43-29-13-11-25-41(43)47-39(27-15-31-45(47)49)37-23-9-7-21-35(37)36-22-8-10-24-38(36)40-28-16-32-46-48(40)42-26-12-14-30-44(42)50(46)34-19-5-2-6-20-34/h1-32H. The van der Waals surface area contributed by atoms with Gasteiger partial charge in [0.15, 0.2) is 0 Å². The lowest BCUT2D eigenvalue weighted by molar-refractivity contribution is 1.18. The molecule has 0 unspecified atom stereocenters. The van der Waals surface area contributed by atoms with Gasteiger partial charge in [-0.3, -0.25) is 0 Å². The highest BCUT2D eigenvalue weighted by Gasteiger charge is 2.21. The molecule has 0 N–H and O–H groups in total. The molecule has 0 spiro atoms. The monoisotopic (exact) mass is 636 g/mol. The van der Waals surface area contributed by atoms with Crippen molar-refractivity contribution in [2.75, 3.05) is 0 Å². The zero-order valence-electron chi connectivity index (χ0n) is 27.4. The van der Waals surface area contributed by atoms with E-state index in [9.17, 15) is 0 Å². The van der Waals surface area contributed by atoms with E-state index in [1.54, 1.807) is 0 Å². The maximum atomic E-state index is 2.40. The first-order valence-corrected chi connectivity index (χ1v) is 17.2. The largest absolute Gasteiger partial charge is 0.309 e. The number of fused-ring (bicyclic) bond motifs is 6. The molecule has 2 heterocycles. The molecule has 0 aliphatic heterocycles. The summed E-state index contributed by atoms with van der Waals surface area (Å²) in [5.41, 5.74) is 14.5. The van der Waals surface area contributed by atoms with Crippen LogP contribution in [0.1, 0.15) is 0 Å². The molecule has 2 nitrogen and oxygen atoms in total. The van der Waals surface area contributed by atoms with E-state index in [2.05, 4.69) is 203 Å². The molecule has 50 heavy (non-hydrogen) atoms. The van der Waals surface area contributed by atoms with E-state index in [0.29, 0.717) is 0 Å². The van der Waals surface area contributed by atoms with E-state index >= 15 is 0 Å². The van der Waals surface area contributed by atoms with Crippen LogP contribution in [0.15, 0.2) is 194 Å². The molecule has 8 aromatic carbocycles. The predicted molar refractivity (Wildman–Crippen MR) is 211 cm³/mol. The minimum absolute atomic E-state index is 1.16. The summed E-state index contributed by atoms with van der Waals surface area (Å²) in [7, 11) is 0. The number of nitrogens with zero attached hydrogens (tertiary/aromatic N) is 2. The lowest BCUT2D eigenvalue weighted by atomic mass is 9.87. The first-order valence-electron chi connectivity index (χ1n) is 17.2. The smallest absolute Gasteiger partial charge is 0.0547 e. The van der Waals surface area contributed by atoms with Gasteiger partial charge in [0.1, 0.15) is 0 Å². The Kier molecular flexibility index (Phi) is 6.53. The highest BCUT2D eigenvalue weighted by atomic mass is 15.0. The number of hydrogen-bond donors (Lipinski definition) is 0. The van der Waals surface area contributed by atoms with Crippen LogP contribution in [0.25, 0.3) is 88.4 Å². The predicted octanol–water partition coefficient (Wildman–Crippen LogP) is 12.9. The van der Waals surface area contributed by atoms with Gasteiger partial charge in [0.05, 0.1) is 22.1 Å². The first kappa shape index (κ1) is 28.4. The SMILES string of the molecule is c1ccc(-n2c3ccccc3c3c(-c4ccccc4-c4ccccc4-c4cccc5c4c4ccccc4n5-c4ccccc4)cccc32)cc1. The van der Waals surface area contributed by atoms with Gasteiger partial charge in [-0.1, -0.05) is 146 Å². The van der Waals surface area contributed by atoms with Gasteiger partial charge in [0.25, 0.3) is 0 Å². The van der Waals surface area contributed by atoms with Gasteiger partial charge >= 0.3 is 0 Å². The maximum absolute atomic E-state index is 2.40. The van der Waals surface area contributed by atoms with E-state index in [1.807, 2.05) is 0 Å². The highest BCUT2D eigenvalue weighted by molar-refractivity contribution is 6.19. The second-order valence-electron chi connectivity index (χ2n) is 12.9. The van der Waals surface area contributed by atoms with Crippen molar-refractivity contribution in [3.63, 3.8) is 0 Å². The molecule has 10 aromatic rings. The molecule has 234 valence electrons. The summed E-state index contributed by atoms with van der Waals surface area (Å²) in [5, 5.41) is 5.04. The number of rotatable bonds is 5. The summed E-state index contributed by atoms with van der Waals surface area (Å²) in [6, 6.07) is 70.3. The van der Waals surface area contributed by atoms with Crippen molar-refractivity contribution < 1.29 is 0 Å². The van der Waals surface area contributed by atoms with Gasteiger partial charge in [0, 0.05) is 32.9 Å². The van der Waals surface area contributed by atoms with Gasteiger partial charge < -0.3 is 9.13 Å². The van der Waals surface area contributed by atoms with E-state index in [-0.39, 0.29) is 0 Å². The summed E-state index contributed by atoms with van der Waals surface area (Å²) < 4.78 is 4.79. The van der Waals surface area contributed by atoms with Crippen LogP contribution in [0.4, 0.5) is 0 Å². The lowest BCUT2D eigenvalue weighted by Crippen LogP contribution is -1.94. The van der Waals surface area contributed by atoms with E-state index in [0.717, 1.165) is 11.4 Å². The quantitative estimate of drug-likeness (QED) is 0.178. The molecule has 0 fully saturated rings. The van der Waals surface area contributed by atoms with Gasteiger partial charge in [-0.25, -0.2) is 0 Å². The zero-order chi connectivity index (χ0) is 33.0. The second kappa shape index (κ2) is 11.5. The van der Waals surface area contributed by atoms with Crippen LogP contribution in [0, 0.1) is 0 Å². The molecule has 10 rings (SSSR count). The van der Waals surface area contributed by atoms with Gasteiger partial charge in [-0.2, -0.15) is 0 Å². The fourth-order valence-corrected chi connectivity index (χ4v) is 8.10. The second-order valence-corrected chi connectivity index (χ2v) is 12.9. The summed E-state index contributed by atoms with van der Waals surface area (Å²) in [6.45, 7) is 0. The molecule has 0 aliphatic rings. The zero-order valence-corrected chi connectivity index (χ0v) is 27.4. The maximum Gasteiger partial charge on any atom is 0.0547 e. The van der Waals surface area contributed by atoms with E-state index < -0.39 is 0 Å². The van der Waals surface area contributed by atoms with Crippen molar-refractivity contribution in [3.8, 4) is 44.8 Å². The summed E-state index contributed by atoms with van der Waals surface area (Å²) in [4.78, 5) is 0. The molecule has 0 saturated carbocycles. The fraction of sp³-hybridized carbons (Fsp3) is 0. The number of hydrogen-bond acceptors (Lipinski definition) is 0. The van der Waals surface area contributed by atoms with Crippen LogP contribution in [-0.4, -0.2) is 9.13 Å². The van der Waals surface area contributed by atoms with Crippen molar-refractivity contribution in [2.45, 2.75) is 0 Å². The Morgan fingerprint density at radius 1 is 0.220 bits per heavy atom. The number of aromatic nitrogens is 2. The van der Waals surface area contributed by atoms with Crippen LogP contribution in [0.2, 0.25) is 0 Å². The average Bonchev–Trinajstić information content (AvgIpc) is 3.72. The Morgan fingerprint density at radius 2 is 0.520 bits per heavy atom. The highest BCUT2D eigenvalue weighted by Crippen LogP contribution is 2.46. The summed E-state index contributed by atoms with van der Waals surface area (Å²) >= 11 is 0. The average molecular weight is 637 g/mol. The van der Waals surface area contributed by atoms with Gasteiger partial charge in [0.2, 0.25) is 0 Å². The Labute approximate surface area is 290 Å². The topological polar surface area (TPSA) is 9.86 Å². The van der Waals surface area contributed by atoms with Crippen molar-refractivity contribution >= 4 is 43.6 Å². The summed E-state index contributed by atoms with van der Waals surface area (Å²) in [5.74, 6) is 0. The molecule has 0 bridgehead atoms. The molecule has 0 saturated heterocycles. The normalized spacial score (nSPS) is 11.6. The van der Waals surface area contributed by atoms with Crippen LogP contribution in [0.5, 0.6) is 0 Å². The van der Waals surface area contributed by atoms with Crippen LogP contribution in [-0.2, 0) is 0 Å². The molecular weight excluding hydrogens is 605 g/mol. The molecule has 2 aromatic heterocycles. The minimum atomic E-state index is 1.16. The number of benzene rings is 8. The molecule has 0 radical (unpaired) electrons. The molecule has 2 heteroatoms. The van der Waals surface area contributed by atoms with Gasteiger partial charge in [-0.15, -0.1) is 0 Å². The Hall–Kier alpha value is -6.64. The minimum Gasteiger partial charge on any atom is -0.309 e. The Bertz CT molecular complexity index is 2660. The van der Waals surface area contributed by atoms with Crippen LogP contribution in [0.3, 0.4) is 0 Å². The number of para-hydroxylation sites is 4. The summed E-state index contributed by atoms with van der Waals surface area (Å²) in [6.07, 6.45) is 0. The lowest BCUT2D eigenvalue weighted by Gasteiger charge is -2.17. The van der Waals surface area contributed by atoms with Gasteiger partial charge in [-0.05, 0) is 81.9 Å². The van der Waals surface area contributed by atoms with Crippen molar-refractivity contribution in [3.05, 3.63) is 194 Å². The Morgan fingerprint density at radius 3 is 0.940 bits per heavy atom. The van der Waals surface area contributed by atoms with Crippen LogP contribution < -0.4 is 0 Å². The first-order chi connectivity index (χ1) is 24.9. The Balaban J connectivity index is 1.24. The molecular formula is C48H32N2. The fourth-order valence-electron chi connectivity index (χ4n) is 8.10. The van der Waals surface area contributed by atoms with Crippen molar-refractivity contribution in [1.29, 1.82) is 0 Å². The third kappa shape index (κ3) is 4.29.